The Kier molecular flexibility index (Phi) is 4.52. The van der Waals surface area contributed by atoms with Crippen LogP contribution in [0.5, 0.6) is 0 Å². The third-order valence-corrected chi connectivity index (χ3v) is 4.70. The molecule has 1 unspecified atom stereocenters. The predicted molar refractivity (Wildman–Crippen MR) is 101 cm³/mol. The van der Waals surface area contributed by atoms with Crippen LogP contribution in [0.3, 0.4) is 0 Å². The summed E-state index contributed by atoms with van der Waals surface area (Å²) in [4.78, 5) is 48.0. The molecule has 10 heteroatoms. The zero-order chi connectivity index (χ0) is 19.7. The molecule has 0 aromatic carbocycles. The summed E-state index contributed by atoms with van der Waals surface area (Å²) in [6.07, 6.45) is 2.37. The number of carboxylic acid groups (broad SMARTS) is 1. The maximum atomic E-state index is 13.0. The monoisotopic (exact) mass is 382 g/mol. The number of carbonyl (C=O) groups excluding carboxylic acids is 2. The van der Waals surface area contributed by atoms with Crippen molar-refractivity contribution in [3.63, 3.8) is 0 Å². The summed E-state index contributed by atoms with van der Waals surface area (Å²) in [6.45, 7) is 0.975. The lowest BCUT2D eigenvalue weighted by Gasteiger charge is -2.35. The van der Waals surface area contributed by atoms with Gasteiger partial charge in [0.2, 0.25) is 0 Å². The first-order valence-corrected chi connectivity index (χ1v) is 8.80. The predicted octanol–water partition coefficient (Wildman–Crippen LogP) is 0.922. The molecule has 144 valence electrons. The maximum absolute atomic E-state index is 13.0. The van der Waals surface area contributed by atoms with Crippen LogP contribution in [0.4, 0.5) is 22.1 Å². The van der Waals surface area contributed by atoms with Gasteiger partial charge in [0.05, 0.1) is 11.7 Å². The first kappa shape index (κ1) is 17.7. The molecule has 1 fully saturated rings. The summed E-state index contributed by atoms with van der Waals surface area (Å²) in [5.74, 6) is -0.954. The Morgan fingerprint density at radius 2 is 2.07 bits per heavy atom. The zero-order valence-corrected chi connectivity index (χ0v) is 14.8. The van der Waals surface area contributed by atoms with Gasteiger partial charge in [-0.3, -0.25) is 19.8 Å². The number of hydrogen-bond donors (Lipinski definition) is 3. The normalized spacial score (nSPS) is 17.1. The third kappa shape index (κ3) is 3.31. The van der Waals surface area contributed by atoms with Crippen LogP contribution < -0.4 is 20.4 Å². The molecule has 0 radical (unpaired) electrons. The number of urea groups is 1. The lowest BCUT2D eigenvalue weighted by molar-refractivity contribution is -0.135. The van der Waals surface area contributed by atoms with Gasteiger partial charge in [0.1, 0.15) is 18.1 Å². The largest absolute Gasteiger partial charge is 0.480 e. The molecule has 28 heavy (non-hydrogen) atoms. The first-order valence-electron chi connectivity index (χ1n) is 8.80. The molecule has 4 rings (SSSR count). The maximum Gasteiger partial charge on any atom is 0.329 e. The van der Waals surface area contributed by atoms with Crippen LogP contribution in [-0.4, -0.2) is 58.7 Å². The molecule has 1 saturated heterocycles. The average molecular weight is 382 g/mol. The van der Waals surface area contributed by atoms with Crippen LogP contribution in [0.15, 0.2) is 36.5 Å². The molecule has 0 saturated carbocycles. The van der Waals surface area contributed by atoms with Gasteiger partial charge in [0.15, 0.2) is 5.82 Å². The van der Waals surface area contributed by atoms with E-state index in [4.69, 9.17) is 5.11 Å². The minimum Gasteiger partial charge on any atom is -0.480 e. The Balaban J connectivity index is 1.64. The van der Waals surface area contributed by atoms with Gasteiger partial charge in [-0.25, -0.2) is 14.8 Å². The Labute approximate surface area is 160 Å². The van der Waals surface area contributed by atoms with Gasteiger partial charge < -0.3 is 15.3 Å². The van der Waals surface area contributed by atoms with Crippen molar-refractivity contribution in [2.24, 2.45) is 0 Å². The Morgan fingerprint density at radius 3 is 2.82 bits per heavy atom. The molecule has 2 bridgehead atoms. The van der Waals surface area contributed by atoms with Crippen LogP contribution >= 0.6 is 0 Å². The number of carboxylic acids is 1. The number of carbonyl (C=O) groups is 3. The number of pyridine rings is 2. The second kappa shape index (κ2) is 7.14. The van der Waals surface area contributed by atoms with E-state index in [-0.39, 0.29) is 17.8 Å². The molecule has 2 aromatic rings. The van der Waals surface area contributed by atoms with E-state index in [0.717, 1.165) is 18.7 Å². The molecular formula is C18H18N6O4. The molecule has 4 heterocycles. The third-order valence-electron chi connectivity index (χ3n) is 4.70. The summed E-state index contributed by atoms with van der Waals surface area (Å²) in [6, 6.07) is 8.04. The summed E-state index contributed by atoms with van der Waals surface area (Å²) >= 11 is 0. The molecule has 1 atom stereocenters. The highest BCUT2D eigenvalue weighted by Gasteiger charge is 2.40. The zero-order valence-electron chi connectivity index (χ0n) is 14.8. The Morgan fingerprint density at radius 1 is 1.21 bits per heavy atom. The summed E-state index contributed by atoms with van der Waals surface area (Å²) in [5, 5.41) is 13.8. The average Bonchev–Trinajstić information content (AvgIpc) is 3.11. The van der Waals surface area contributed by atoms with Gasteiger partial charge >= 0.3 is 12.0 Å². The molecule has 3 amide bonds. The van der Waals surface area contributed by atoms with Crippen molar-refractivity contribution in [1.82, 2.24) is 15.3 Å². The van der Waals surface area contributed by atoms with Gasteiger partial charge in [-0.2, -0.15) is 0 Å². The fraction of sp³-hybridized carbons (Fsp3) is 0.278. The number of hydrogen-bond acceptors (Lipinski definition) is 6. The Hall–Kier alpha value is -3.69. The van der Waals surface area contributed by atoms with Gasteiger partial charge in [0.25, 0.3) is 5.91 Å². The van der Waals surface area contributed by atoms with E-state index in [9.17, 15) is 14.4 Å². The van der Waals surface area contributed by atoms with Crippen molar-refractivity contribution in [3.05, 3.63) is 42.2 Å². The molecule has 0 spiro atoms. The van der Waals surface area contributed by atoms with Crippen LogP contribution in [0.25, 0.3) is 0 Å². The number of fused-ring (bicyclic) bond motifs is 4. The number of aromatic nitrogens is 2. The number of anilines is 3. The molecular weight excluding hydrogens is 364 g/mol. The van der Waals surface area contributed by atoms with E-state index in [0.29, 0.717) is 18.2 Å². The fourth-order valence-electron chi connectivity index (χ4n) is 3.45. The van der Waals surface area contributed by atoms with E-state index in [1.54, 1.807) is 35.4 Å². The smallest absolute Gasteiger partial charge is 0.329 e. The highest BCUT2D eigenvalue weighted by Crippen LogP contribution is 2.39. The SMILES string of the molecule is O=C(O)CNC(=O)c1ccc2c(n1)N(C(=O)Nc1ccccn1)C1CCN2C1. The molecule has 0 aliphatic carbocycles. The lowest BCUT2D eigenvalue weighted by Crippen LogP contribution is -2.48. The van der Waals surface area contributed by atoms with Gasteiger partial charge in [0, 0.05) is 19.3 Å². The highest BCUT2D eigenvalue weighted by molar-refractivity contribution is 6.05. The summed E-state index contributed by atoms with van der Waals surface area (Å²) in [7, 11) is 0. The van der Waals surface area contributed by atoms with Crippen molar-refractivity contribution >= 4 is 35.2 Å². The number of nitrogens with zero attached hydrogens (tertiary/aromatic N) is 4. The minimum atomic E-state index is -1.15. The summed E-state index contributed by atoms with van der Waals surface area (Å²) < 4.78 is 0. The van der Waals surface area contributed by atoms with Crippen LogP contribution in [0.2, 0.25) is 0 Å². The van der Waals surface area contributed by atoms with Crippen LogP contribution in [-0.2, 0) is 4.79 Å². The van der Waals surface area contributed by atoms with E-state index >= 15 is 0 Å². The first-order chi connectivity index (χ1) is 13.5. The van der Waals surface area contributed by atoms with Crippen LogP contribution in [0, 0.1) is 0 Å². The highest BCUT2D eigenvalue weighted by atomic mass is 16.4. The molecule has 2 aliphatic rings. The van der Waals surface area contributed by atoms with E-state index in [2.05, 4.69) is 25.5 Å². The van der Waals surface area contributed by atoms with E-state index in [1.807, 2.05) is 0 Å². The fourth-order valence-corrected chi connectivity index (χ4v) is 3.45. The second-order valence-corrected chi connectivity index (χ2v) is 6.52. The molecule has 2 aromatic heterocycles. The van der Waals surface area contributed by atoms with Crippen LogP contribution in [0.1, 0.15) is 16.9 Å². The molecule has 3 N–H and O–H groups in total. The molecule has 2 aliphatic heterocycles. The standard InChI is InChI=1S/C18H18N6O4/c25-15(26)9-20-17(27)12-4-5-13-16(21-12)24(11-6-8-23(13)10-11)18(28)22-14-3-1-2-7-19-14/h1-5,7,11H,6,8-10H2,(H,20,27)(H,25,26)(H,19,22,28). The van der Waals surface area contributed by atoms with Crippen molar-refractivity contribution < 1.29 is 19.5 Å². The van der Waals surface area contributed by atoms with Crippen molar-refractivity contribution in [3.8, 4) is 0 Å². The van der Waals surface area contributed by atoms with Gasteiger partial charge in [-0.05, 0) is 30.7 Å². The second-order valence-electron chi connectivity index (χ2n) is 6.52. The topological polar surface area (TPSA) is 128 Å². The van der Waals surface area contributed by atoms with Crippen molar-refractivity contribution in [2.75, 3.05) is 34.8 Å². The lowest BCUT2D eigenvalue weighted by atomic mass is 10.1. The van der Waals surface area contributed by atoms with Crippen molar-refractivity contribution in [1.29, 1.82) is 0 Å². The number of amides is 3. The quantitative estimate of drug-likeness (QED) is 0.717. The van der Waals surface area contributed by atoms with Gasteiger partial charge in [-0.1, -0.05) is 6.07 Å². The van der Waals surface area contributed by atoms with E-state index < -0.39 is 18.4 Å². The van der Waals surface area contributed by atoms with Gasteiger partial charge in [-0.15, -0.1) is 0 Å². The minimum absolute atomic E-state index is 0.0538. The van der Waals surface area contributed by atoms with E-state index in [1.165, 1.54) is 6.07 Å². The Bertz CT molecular complexity index is 935. The number of rotatable bonds is 4. The summed E-state index contributed by atoms with van der Waals surface area (Å²) in [5.41, 5.74) is 0.817. The number of aliphatic carboxylic acids is 1. The van der Waals surface area contributed by atoms with Crippen molar-refractivity contribution in [2.45, 2.75) is 12.5 Å². The molecule has 10 nitrogen and oxygen atoms in total. The number of nitrogens with one attached hydrogen (secondary N) is 2.